The van der Waals surface area contributed by atoms with Crippen LogP contribution >= 0.6 is 11.6 Å². The van der Waals surface area contributed by atoms with Crippen LogP contribution in [0, 0.1) is 11.6 Å². The van der Waals surface area contributed by atoms with Crippen LogP contribution in [0.4, 0.5) is 8.78 Å². The molecule has 0 spiro atoms. The fraction of sp³-hybridized carbons (Fsp3) is 0.222. The molecule has 0 aliphatic carbocycles. The summed E-state index contributed by atoms with van der Waals surface area (Å²) in [5.41, 5.74) is 2.97. The van der Waals surface area contributed by atoms with E-state index in [2.05, 4.69) is 0 Å². The number of rotatable bonds is 7. The SMILES string of the molecule is CC(C)c1cn(-c2ccc(-c3cc(F)c(CO)c(S(C)(=O)=O)c3)cc2)c(Cc2cc(F)ccc2Cl)n1. The lowest BCUT2D eigenvalue weighted by Crippen LogP contribution is -2.06. The molecular formula is C27H25ClF2N2O3S. The highest BCUT2D eigenvalue weighted by Gasteiger charge is 2.19. The van der Waals surface area contributed by atoms with Crippen molar-refractivity contribution in [3.63, 3.8) is 0 Å². The lowest BCUT2D eigenvalue weighted by Gasteiger charge is -2.12. The molecule has 0 aliphatic heterocycles. The van der Waals surface area contributed by atoms with Crippen molar-refractivity contribution in [2.24, 2.45) is 0 Å². The summed E-state index contributed by atoms with van der Waals surface area (Å²) < 4.78 is 54.6. The predicted octanol–water partition coefficient (Wildman–Crippen LogP) is 6.08. The smallest absolute Gasteiger partial charge is 0.176 e. The number of hydrogen-bond donors (Lipinski definition) is 1. The molecule has 0 aliphatic rings. The van der Waals surface area contributed by atoms with Crippen LogP contribution in [0.25, 0.3) is 16.8 Å². The summed E-state index contributed by atoms with van der Waals surface area (Å²) in [5, 5.41) is 9.90. The maximum Gasteiger partial charge on any atom is 0.176 e. The third-order valence-corrected chi connectivity index (χ3v) is 7.47. The fourth-order valence-corrected chi connectivity index (χ4v) is 5.13. The van der Waals surface area contributed by atoms with Crippen molar-refractivity contribution in [3.05, 3.63) is 100 Å². The molecule has 0 atom stereocenters. The van der Waals surface area contributed by atoms with Crippen molar-refractivity contribution in [2.45, 2.75) is 37.7 Å². The summed E-state index contributed by atoms with van der Waals surface area (Å²) in [6, 6.07) is 13.9. The molecule has 4 aromatic rings. The van der Waals surface area contributed by atoms with Gasteiger partial charge in [-0.2, -0.15) is 0 Å². The number of aliphatic hydroxyl groups is 1. The molecule has 0 bridgehead atoms. The van der Waals surface area contributed by atoms with Gasteiger partial charge in [0.1, 0.15) is 17.5 Å². The molecule has 1 aromatic heterocycles. The number of benzene rings is 3. The zero-order valence-corrected chi connectivity index (χ0v) is 21.5. The van der Waals surface area contributed by atoms with Crippen LogP contribution in [0.5, 0.6) is 0 Å². The average Bonchev–Trinajstić information content (AvgIpc) is 3.24. The lowest BCUT2D eigenvalue weighted by molar-refractivity contribution is 0.272. The van der Waals surface area contributed by atoms with E-state index in [1.807, 2.05) is 36.7 Å². The topological polar surface area (TPSA) is 72.2 Å². The third kappa shape index (κ3) is 5.36. The second-order valence-corrected chi connectivity index (χ2v) is 11.3. The lowest BCUT2D eigenvalue weighted by atomic mass is 10.0. The van der Waals surface area contributed by atoms with Gasteiger partial charge in [-0.3, -0.25) is 0 Å². The second kappa shape index (κ2) is 10.1. The van der Waals surface area contributed by atoms with Gasteiger partial charge in [-0.1, -0.05) is 37.6 Å². The molecule has 9 heteroatoms. The first-order valence-electron chi connectivity index (χ1n) is 11.2. The number of nitrogens with zero attached hydrogens (tertiary/aromatic N) is 2. The van der Waals surface area contributed by atoms with Gasteiger partial charge in [0.15, 0.2) is 9.84 Å². The Hall–Kier alpha value is -3.07. The van der Waals surface area contributed by atoms with Gasteiger partial charge in [0.05, 0.1) is 17.2 Å². The van der Waals surface area contributed by atoms with Gasteiger partial charge in [-0.25, -0.2) is 22.2 Å². The number of aromatic nitrogens is 2. The maximum absolute atomic E-state index is 14.6. The van der Waals surface area contributed by atoms with Gasteiger partial charge in [-0.15, -0.1) is 0 Å². The zero-order chi connectivity index (χ0) is 26.2. The molecule has 5 nitrogen and oxygen atoms in total. The van der Waals surface area contributed by atoms with E-state index >= 15 is 0 Å². The van der Waals surface area contributed by atoms with Crippen molar-refractivity contribution in [3.8, 4) is 16.8 Å². The van der Waals surface area contributed by atoms with Crippen LogP contribution in [0.2, 0.25) is 5.02 Å². The van der Waals surface area contributed by atoms with Crippen molar-refractivity contribution in [1.29, 1.82) is 0 Å². The molecule has 0 radical (unpaired) electrons. The Morgan fingerprint density at radius 3 is 2.33 bits per heavy atom. The Balaban J connectivity index is 1.75. The third-order valence-electron chi connectivity index (χ3n) is 5.94. The quantitative estimate of drug-likeness (QED) is 0.314. The van der Waals surface area contributed by atoms with Gasteiger partial charge in [0, 0.05) is 35.1 Å². The number of hydrogen-bond acceptors (Lipinski definition) is 4. The number of sulfone groups is 1. The zero-order valence-electron chi connectivity index (χ0n) is 20.0. The molecule has 0 saturated heterocycles. The van der Waals surface area contributed by atoms with E-state index in [0.29, 0.717) is 34.0 Å². The highest BCUT2D eigenvalue weighted by Crippen LogP contribution is 2.30. The molecule has 0 unspecified atom stereocenters. The largest absolute Gasteiger partial charge is 0.392 e. The first-order valence-corrected chi connectivity index (χ1v) is 13.5. The van der Waals surface area contributed by atoms with Gasteiger partial charge in [0.25, 0.3) is 0 Å². The minimum Gasteiger partial charge on any atom is -0.392 e. The Morgan fingerprint density at radius 2 is 1.72 bits per heavy atom. The molecular weight excluding hydrogens is 506 g/mol. The summed E-state index contributed by atoms with van der Waals surface area (Å²) in [6.07, 6.45) is 3.21. The molecule has 0 amide bonds. The number of halogens is 3. The monoisotopic (exact) mass is 530 g/mol. The molecule has 0 saturated carbocycles. The highest BCUT2D eigenvalue weighted by atomic mass is 35.5. The molecule has 1 N–H and O–H groups in total. The van der Waals surface area contributed by atoms with Crippen LogP contribution in [0.3, 0.4) is 0 Å². The predicted molar refractivity (Wildman–Crippen MR) is 136 cm³/mol. The minimum atomic E-state index is -3.75. The van der Waals surface area contributed by atoms with E-state index < -0.39 is 22.3 Å². The van der Waals surface area contributed by atoms with E-state index in [-0.39, 0.29) is 22.2 Å². The summed E-state index contributed by atoms with van der Waals surface area (Å²) in [5.74, 6) is -0.329. The summed E-state index contributed by atoms with van der Waals surface area (Å²) in [4.78, 5) is 4.50. The number of imidazole rings is 1. The van der Waals surface area contributed by atoms with E-state index in [4.69, 9.17) is 16.6 Å². The molecule has 4 rings (SSSR count). The van der Waals surface area contributed by atoms with Gasteiger partial charge in [0.2, 0.25) is 0 Å². The van der Waals surface area contributed by atoms with E-state index in [0.717, 1.165) is 17.6 Å². The van der Waals surface area contributed by atoms with Crippen molar-refractivity contribution < 1.29 is 22.3 Å². The average molecular weight is 531 g/mol. The second-order valence-electron chi connectivity index (χ2n) is 8.93. The van der Waals surface area contributed by atoms with Crippen molar-refractivity contribution >= 4 is 21.4 Å². The molecule has 1 heterocycles. The van der Waals surface area contributed by atoms with Gasteiger partial charge in [-0.05, 0) is 65.1 Å². The van der Waals surface area contributed by atoms with E-state index in [9.17, 15) is 22.3 Å². The highest BCUT2D eigenvalue weighted by molar-refractivity contribution is 7.90. The van der Waals surface area contributed by atoms with Crippen LogP contribution in [0.15, 0.2) is 65.7 Å². The molecule has 3 aromatic carbocycles. The van der Waals surface area contributed by atoms with E-state index in [1.54, 1.807) is 12.1 Å². The molecule has 188 valence electrons. The molecule has 0 fully saturated rings. The summed E-state index contributed by atoms with van der Waals surface area (Å²) in [7, 11) is -3.75. The standard InChI is InChI=1S/C27H25ClF2N2O3S/c1-16(2)25-14-32(27(31-25)13-19-10-20(29)6-9-23(19)28)21-7-4-17(5-8-21)18-11-24(30)22(15-33)26(12-18)36(3,34)35/h4-12,14,16,33H,13,15H2,1-3H3. The van der Waals surface area contributed by atoms with E-state index in [1.165, 1.54) is 30.3 Å². The van der Waals surface area contributed by atoms with Crippen molar-refractivity contribution in [2.75, 3.05) is 6.26 Å². The first kappa shape index (κ1) is 26.0. The first-order chi connectivity index (χ1) is 17.0. The van der Waals surface area contributed by atoms with Gasteiger partial charge < -0.3 is 9.67 Å². The Bertz CT molecular complexity index is 1530. The Labute approximate surface area is 213 Å². The Kier molecular flexibility index (Phi) is 7.31. The maximum atomic E-state index is 14.6. The normalized spacial score (nSPS) is 11.9. The van der Waals surface area contributed by atoms with Crippen LogP contribution < -0.4 is 0 Å². The number of aliphatic hydroxyl groups excluding tert-OH is 1. The van der Waals surface area contributed by atoms with Gasteiger partial charge >= 0.3 is 0 Å². The minimum absolute atomic E-state index is 0.162. The van der Waals surface area contributed by atoms with Crippen LogP contribution in [0.1, 0.15) is 42.4 Å². The van der Waals surface area contributed by atoms with Crippen molar-refractivity contribution in [1.82, 2.24) is 9.55 Å². The Morgan fingerprint density at radius 1 is 1.03 bits per heavy atom. The van der Waals surface area contributed by atoms with Crippen LogP contribution in [-0.4, -0.2) is 29.3 Å². The van der Waals surface area contributed by atoms with Crippen LogP contribution in [-0.2, 0) is 22.9 Å². The molecule has 36 heavy (non-hydrogen) atoms. The fourth-order valence-electron chi connectivity index (χ4n) is 3.99. The summed E-state index contributed by atoms with van der Waals surface area (Å²) >= 11 is 6.29. The summed E-state index contributed by atoms with van der Waals surface area (Å²) in [6.45, 7) is 3.34.